The summed E-state index contributed by atoms with van der Waals surface area (Å²) < 4.78 is 31.8. The smallest absolute Gasteiger partial charge is 0.497 e. The van der Waals surface area contributed by atoms with Crippen molar-refractivity contribution in [3.63, 3.8) is 0 Å². The number of ether oxygens (including phenoxy) is 1. The van der Waals surface area contributed by atoms with Gasteiger partial charge in [-0.2, -0.15) is 0 Å². The highest BCUT2D eigenvalue weighted by atomic mass is 32.1. The molecule has 21 heavy (non-hydrogen) atoms. The van der Waals surface area contributed by atoms with Gasteiger partial charge in [0.15, 0.2) is 0 Å². The molecule has 2 aromatic carbocycles. The first kappa shape index (κ1) is 15.3. The first-order chi connectivity index (χ1) is 10.1. The zero-order chi connectivity index (χ0) is 15.1. The third-order valence-electron chi connectivity index (χ3n) is 2.39. The van der Waals surface area contributed by atoms with Crippen molar-refractivity contribution < 1.29 is 18.3 Å². The molecule has 2 aromatic rings. The molecule has 0 N–H and O–H groups in total. The minimum Gasteiger partial charge on any atom is -0.497 e. The Morgan fingerprint density at radius 1 is 1.00 bits per heavy atom. The highest BCUT2D eigenvalue weighted by molar-refractivity contribution is 7.78. The van der Waals surface area contributed by atoms with Crippen molar-refractivity contribution in [3.8, 4) is 17.2 Å². The first-order valence-electron chi connectivity index (χ1n) is 5.93. The van der Waals surface area contributed by atoms with Gasteiger partial charge in [-0.05, 0) is 36.5 Å². The molecule has 0 saturated heterocycles. The molecule has 108 valence electrons. The molecule has 0 bridgehead atoms. The lowest BCUT2D eigenvalue weighted by Crippen LogP contribution is -1.98. The SMILES string of the molecule is COc1cccc(OP(=O)(N=C=S)Oc2ccccc2)c1. The summed E-state index contributed by atoms with van der Waals surface area (Å²) in [5.41, 5.74) is 0. The van der Waals surface area contributed by atoms with Crippen LogP contribution in [-0.4, -0.2) is 12.3 Å². The molecule has 2 rings (SSSR count). The van der Waals surface area contributed by atoms with E-state index in [2.05, 4.69) is 17.0 Å². The molecule has 1 atom stereocenters. The Balaban J connectivity index is 2.25. The van der Waals surface area contributed by atoms with Crippen LogP contribution in [-0.2, 0) is 4.57 Å². The number of nitrogens with zero attached hydrogens (tertiary/aromatic N) is 1. The maximum absolute atomic E-state index is 12.6. The van der Waals surface area contributed by atoms with Gasteiger partial charge in [-0.25, -0.2) is 4.57 Å². The molecule has 0 spiro atoms. The van der Waals surface area contributed by atoms with Crippen molar-refractivity contribution in [2.75, 3.05) is 7.11 Å². The molecular weight excluding hydrogens is 309 g/mol. The Bertz CT molecular complexity index is 701. The van der Waals surface area contributed by atoms with Crippen LogP contribution in [0.1, 0.15) is 0 Å². The van der Waals surface area contributed by atoms with E-state index in [1.807, 2.05) is 11.2 Å². The van der Waals surface area contributed by atoms with Crippen molar-refractivity contribution in [2.45, 2.75) is 0 Å². The molecule has 1 unspecified atom stereocenters. The second kappa shape index (κ2) is 7.04. The summed E-state index contributed by atoms with van der Waals surface area (Å²) in [6.45, 7) is 0. The fourth-order valence-electron chi connectivity index (χ4n) is 1.52. The summed E-state index contributed by atoms with van der Waals surface area (Å²) in [4.78, 5) is 0. The molecule has 0 fully saturated rings. The van der Waals surface area contributed by atoms with Crippen LogP contribution >= 0.6 is 20.0 Å². The van der Waals surface area contributed by atoms with Gasteiger partial charge in [-0.1, -0.05) is 29.0 Å². The lowest BCUT2D eigenvalue weighted by Gasteiger charge is -2.14. The molecule has 0 aromatic heterocycles. The molecule has 0 aliphatic rings. The van der Waals surface area contributed by atoms with Crippen LogP contribution in [0.5, 0.6) is 17.2 Å². The Kier molecular flexibility index (Phi) is 5.12. The summed E-state index contributed by atoms with van der Waals surface area (Å²) in [7, 11) is -2.32. The van der Waals surface area contributed by atoms with Gasteiger partial charge in [-0.15, -0.1) is 0 Å². The second-order valence-electron chi connectivity index (χ2n) is 3.83. The van der Waals surface area contributed by atoms with E-state index in [0.717, 1.165) is 0 Å². The van der Waals surface area contributed by atoms with Crippen LogP contribution < -0.4 is 13.8 Å². The van der Waals surface area contributed by atoms with Crippen molar-refractivity contribution in [1.82, 2.24) is 0 Å². The second-order valence-corrected chi connectivity index (χ2v) is 5.52. The number of para-hydroxylation sites is 1. The zero-order valence-corrected chi connectivity index (χ0v) is 12.8. The Morgan fingerprint density at radius 2 is 1.62 bits per heavy atom. The van der Waals surface area contributed by atoms with Crippen LogP contribution in [0.4, 0.5) is 0 Å². The predicted octanol–water partition coefficient (Wildman–Crippen LogP) is 4.36. The largest absolute Gasteiger partial charge is 0.572 e. The third-order valence-corrected chi connectivity index (χ3v) is 3.84. The van der Waals surface area contributed by atoms with Gasteiger partial charge in [0.2, 0.25) is 0 Å². The van der Waals surface area contributed by atoms with Gasteiger partial charge in [-0.3, -0.25) is 0 Å². The van der Waals surface area contributed by atoms with Crippen molar-refractivity contribution in [1.29, 1.82) is 0 Å². The molecule has 0 radical (unpaired) electrons. The maximum atomic E-state index is 12.6. The minimum atomic E-state index is -3.84. The van der Waals surface area contributed by atoms with E-state index >= 15 is 0 Å². The monoisotopic (exact) mass is 321 g/mol. The fraction of sp³-hybridized carbons (Fsp3) is 0.0714. The minimum absolute atomic E-state index is 0.294. The summed E-state index contributed by atoms with van der Waals surface area (Å²) in [5, 5.41) is 2.04. The quantitative estimate of drug-likeness (QED) is 0.449. The van der Waals surface area contributed by atoms with Gasteiger partial charge >= 0.3 is 7.75 Å². The van der Waals surface area contributed by atoms with E-state index in [9.17, 15) is 4.57 Å². The molecule has 0 saturated carbocycles. The number of rotatable bonds is 6. The standard InChI is InChI=1S/C14H12NO4PS/c1-17-13-8-5-9-14(10-13)19-20(16,15-11-21)18-12-6-3-2-4-7-12/h2-10H,1H3. The van der Waals surface area contributed by atoms with E-state index in [1.165, 1.54) is 7.11 Å². The Morgan fingerprint density at radius 3 is 2.29 bits per heavy atom. The number of hydrogen-bond acceptors (Lipinski definition) is 5. The molecule has 0 aliphatic heterocycles. The average Bonchev–Trinajstić information content (AvgIpc) is 2.48. The number of hydrogen-bond donors (Lipinski definition) is 0. The molecule has 5 nitrogen and oxygen atoms in total. The third kappa shape index (κ3) is 4.43. The van der Waals surface area contributed by atoms with Gasteiger partial charge in [0.25, 0.3) is 0 Å². The Hall–Kier alpha value is -2.13. The van der Waals surface area contributed by atoms with Crippen molar-refractivity contribution in [2.24, 2.45) is 4.76 Å². The Labute approximate surface area is 127 Å². The highest BCUT2D eigenvalue weighted by Crippen LogP contribution is 2.49. The van der Waals surface area contributed by atoms with Crippen LogP contribution in [0.2, 0.25) is 0 Å². The number of benzene rings is 2. The summed E-state index contributed by atoms with van der Waals surface area (Å²) in [5.74, 6) is 1.21. The van der Waals surface area contributed by atoms with Crippen molar-refractivity contribution in [3.05, 3.63) is 54.6 Å². The number of methoxy groups -OCH3 is 1. The topological polar surface area (TPSA) is 57.1 Å². The van der Waals surface area contributed by atoms with E-state index < -0.39 is 7.75 Å². The van der Waals surface area contributed by atoms with E-state index in [1.54, 1.807) is 48.5 Å². The molecular formula is C14H12NO4PS. The van der Waals surface area contributed by atoms with E-state index in [4.69, 9.17) is 13.8 Å². The van der Waals surface area contributed by atoms with Crippen LogP contribution in [0.25, 0.3) is 0 Å². The van der Waals surface area contributed by atoms with Crippen LogP contribution in [0.15, 0.2) is 59.4 Å². The molecule has 7 heteroatoms. The fourth-order valence-corrected chi connectivity index (χ4v) is 2.80. The number of isothiocyanates is 1. The molecule has 0 amide bonds. The lowest BCUT2D eigenvalue weighted by atomic mass is 10.3. The maximum Gasteiger partial charge on any atom is 0.572 e. The van der Waals surface area contributed by atoms with Crippen LogP contribution in [0, 0.1) is 0 Å². The van der Waals surface area contributed by atoms with Crippen LogP contribution in [0.3, 0.4) is 0 Å². The number of thiocarbonyl (C=S) groups is 1. The summed E-state index contributed by atoms with van der Waals surface area (Å²) >= 11 is 4.51. The summed E-state index contributed by atoms with van der Waals surface area (Å²) in [6, 6.07) is 15.2. The van der Waals surface area contributed by atoms with E-state index in [0.29, 0.717) is 17.2 Å². The molecule has 0 heterocycles. The van der Waals surface area contributed by atoms with Gasteiger partial charge < -0.3 is 13.8 Å². The highest BCUT2D eigenvalue weighted by Gasteiger charge is 2.28. The first-order valence-corrected chi connectivity index (χ1v) is 7.83. The van der Waals surface area contributed by atoms with Gasteiger partial charge in [0.1, 0.15) is 17.2 Å². The van der Waals surface area contributed by atoms with Crippen molar-refractivity contribution >= 4 is 25.1 Å². The zero-order valence-electron chi connectivity index (χ0n) is 11.1. The van der Waals surface area contributed by atoms with Gasteiger partial charge in [0.05, 0.1) is 12.3 Å². The average molecular weight is 321 g/mol. The summed E-state index contributed by atoms with van der Waals surface area (Å²) in [6.07, 6.45) is 0. The van der Waals surface area contributed by atoms with Gasteiger partial charge in [0, 0.05) is 6.07 Å². The normalized spacial score (nSPS) is 12.6. The lowest BCUT2D eigenvalue weighted by molar-refractivity contribution is 0.383. The predicted molar refractivity (Wildman–Crippen MR) is 83.3 cm³/mol. The molecule has 0 aliphatic carbocycles. The van der Waals surface area contributed by atoms with E-state index in [-0.39, 0.29) is 0 Å².